The van der Waals surface area contributed by atoms with Crippen molar-refractivity contribution in [3.8, 4) is 5.75 Å². The minimum absolute atomic E-state index is 0.0977. The number of aryl methyl sites for hydroxylation is 1. The maximum atomic E-state index is 10.5. The molecule has 2 heterocycles. The fourth-order valence-corrected chi connectivity index (χ4v) is 3.69. The van der Waals surface area contributed by atoms with Gasteiger partial charge in [0.15, 0.2) is 0 Å². The van der Waals surface area contributed by atoms with Crippen LogP contribution in [0.4, 0.5) is 0 Å². The molecule has 3 rings (SSSR count). The normalized spacial score (nSPS) is 30.6. The van der Waals surface area contributed by atoms with E-state index in [4.69, 9.17) is 4.74 Å². The molecular formula is C17H25NO2. The maximum Gasteiger partial charge on any atom is 0.127 e. The number of rotatable bonds is 2. The van der Waals surface area contributed by atoms with E-state index in [1.54, 1.807) is 0 Å². The highest BCUT2D eigenvalue weighted by atomic mass is 16.5. The van der Waals surface area contributed by atoms with E-state index in [1.165, 1.54) is 30.4 Å². The second kappa shape index (κ2) is 5.74. The second-order valence-corrected chi connectivity index (χ2v) is 6.09. The molecule has 3 unspecified atom stereocenters. The third-order valence-electron chi connectivity index (χ3n) is 4.80. The molecule has 2 aliphatic heterocycles. The molecule has 1 aromatic carbocycles. The van der Waals surface area contributed by atoms with Crippen LogP contribution in [0.15, 0.2) is 18.2 Å². The standard InChI is InChI=1S/C17H25NO2/c1-3-13-8-6-9-14-16(15(19)11-20-17(13)14)18-10-5-4-7-12(18)2/h6,8-9,12,15-16,19H,3-5,7,10-11H2,1-2H3. The zero-order chi connectivity index (χ0) is 14.1. The molecule has 0 amide bonds. The quantitative estimate of drug-likeness (QED) is 0.901. The van der Waals surface area contributed by atoms with Gasteiger partial charge in [0.25, 0.3) is 0 Å². The molecule has 3 atom stereocenters. The van der Waals surface area contributed by atoms with E-state index >= 15 is 0 Å². The monoisotopic (exact) mass is 275 g/mol. The molecule has 1 fully saturated rings. The lowest BCUT2D eigenvalue weighted by atomic mass is 9.90. The summed E-state index contributed by atoms with van der Waals surface area (Å²) in [7, 11) is 0. The Kier molecular flexibility index (Phi) is 3.99. The molecule has 20 heavy (non-hydrogen) atoms. The van der Waals surface area contributed by atoms with Gasteiger partial charge < -0.3 is 9.84 Å². The van der Waals surface area contributed by atoms with E-state index < -0.39 is 6.10 Å². The highest BCUT2D eigenvalue weighted by Crippen LogP contribution is 2.40. The minimum atomic E-state index is -0.421. The summed E-state index contributed by atoms with van der Waals surface area (Å²) in [5, 5.41) is 10.5. The van der Waals surface area contributed by atoms with Crippen molar-refractivity contribution in [3.05, 3.63) is 29.3 Å². The van der Waals surface area contributed by atoms with Crippen LogP contribution in [0.25, 0.3) is 0 Å². The summed E-state index contributed by atoms with van der Waals surface area (Å²) in [6, 6.07) is 7.00. The molecular weight excluding hydrogens is 250 g/mol. The molecule has 3 heteroatoms. The lowest BCUT2D eigenvalue weighted by molar-refractivity contribution is -0.0250. The molecule has 1 aromatic rings. The maximum absolute atomic E-state index is 10.5. The molecule has 110 valence electrons. The first-order chi connectivity index (χ1) is 9.72. The Labute approximate surface area is 121 Å². The molecule has 3 nitrogen and oxygen atoms in total. The third kappa shape index (κ3) is 2.33. The number of hydrogen-bond acceptors (Lipinski definition) is 3. The topological polar surface area (TPSA) is 32.7 Å². The van der Waals surface area contributed by atoms with Gasteiger partial charge in [0.2, 0.25) is 0 Å². The largest absolute Gasteiger partial charge is 0.490 e. The number of aliphatic hydroxyl groups is 1. The fourth-order valence-electron chi connectivity index (χ4n) is 3.69. The van der Waals surface area contributed by atoms with Crippen LogP contribution in [0, 0.1) is 0 Å². The molecule has 0 radical (unpaired) electrons. The van der Waals surface area contributed by atoms with Gasteiger partial charge in [-0.15, -0.1) is 0 Å². The second-order valence-electron chi connectivity index (χ2n) is 6.09. The summed E-state index contributed by atoms with van der Waals surface area (Å²) < 4.78 is 5.84. The minimum Gasteiger partial charge on any atom is -0.490 e. The van der Waals surface area contributed by atoms with Crippen LogP contribution < -0.4 is 4.74 Å². The van der Waals surface area contributed by atoms with E-state index in [-0.39, 0.29) is 6.04 Å². The van der Waals surface area contributed by atoms with Crippen molar-refractivity contribution in [1.29, 1.82) is 0 Å². The Morgan fingerprint density at radius 1 is 1.35 bits per heavy atom. The summed E-state index contributed by atoms with van der Waals surface area (Å²) in [6.07, 6.45) is 4.32. The van der Waals surface area contributed by atoms with Gasteiger partial charge in [0.1, 0.15) is 18.5 Å². The van der Waals surface area contributed by atoms with Crippen LogP contribution in [-0.2, 0) is 6.42 Å². The summed E-state index contributed by atoms with van der Waals surface area (Å²) in [5.41, 5.74) is 2.43. The molecule has 0 aromatic heterocycles. The predicted molar refractivity (Wildman–Crippen MR) is 80.1 cm³/mol. The highest BCUT2D eigenvalue weighted by molar-refractivity contribution is 5.45. The summed E-state index contributed by atoms with van der Waals surface area (Å²) in [4.78, 5) is 2.48. The Bertz CT molecular complexity index is 474. The van der Waals surface area contributed by atoms with Gasteiger partial charge in [-0.3, -0.25) is 4.90 Å². The van der Waals surface area contributed by atoms with Crippen LogP contribution in [0.5, 0.6) is 5.75 Å². The van der Waals surface area contributed by atoms with Gasteiger partial charge in [-0.05, 0) is 38.3 Å². The zero-order valence-corrected chi connectivity index (χ0v) is 12.5. The number of nitrogens with zero attached hydrogens (tertiary/aromatic N) is 1. The fraction of sp³-hybridized carbons (Fsp3) is 0.647. The number of piperidine rings is 1. The molecule has 0 saturated carbocycles. The van der Waals surface area contributed by atoms with E-state index in [1.807, 2.05) is 0 Å². The van der Waals surface area contributed by atoms with Crippen molar-refractivity contribution in [3.63, 3.8) is 0 Å². The van der Waals surface area contributed by atoms with Crippen molar-refractivity contribution in [2.45, 2.75) is 57.7 Å². The van der Waals surface area contributed by atoms with Crippen LogP contribution in [0.3, 0.4) is 0 Å². The first-order valence-electron chi connectivity index (χ1n) is 7.90. The van der Waals surface area contributed by atoms with Gasteiger partial charge in [-0.2, -0.15) is 0 Å². The van der Waals surface area contributed by atoms with Crippen LogP contribution in [0.1, 0.15) is 50.3 Å². The van der Waals surface area contributed by atoms with Crippen molar-refractivity contribution in [1.82, 2.24) is 4.90 Å². The molecule has 1 saturated heterocycles. The number of aliphatic hydroxyl groups excluding tert-OH is 1. The SMILES string of the molecule is CCc1cccc2c1OCC(O)C2N1CCCCC1C. The number of likely N-dealkylation sites (tertiary alicyclic amines) is 1. The lowest BCUT2D eigenvalue weighted by Crippen LogP contribution is -2.48. The Hall–Kier alpha value is -1.06. The molecule has 2 aliphatic rings. The van der Waals surface area contributed by atoms with Gasteiger partial charge in [0, 0.05) is 11.6 Å². The Morgan fingerprint density at radius 3 is 2.95 bits per heavy atom. The summed E-state index contributed by atoms with van der Waals surface area (Å²) >= 11 is 0. The average Bonchev–Trinajstić information content (AvgIpc) is 2.47. The molecule has 1 N–H and O–H groups in total. The third-order valence-corrected chi connectivity index (χ3v) is 4.80. The number of para-hydroxylation sites is 1. The first kappa shape index (κ1) is 13.9. The van der Waals surface area contributed by atoms with E-state index in [0.717, 1.165) is 18.7 Å². The number of fused-ring (bicyclic) bond motifs is 1. The molecule has 0 bridgehead atoms. The predicted octanol–water partition coefficient (Wildman–Crippen LogP) is 2.92. The first-order valence-corrected chi connectivity index (χ1v) is 7.90. The van der Waals surface area contributed by atoms with E-state index in [2.05, 4.69) is 36.9 Å². The summed E-state index contributed by atoms with van der Waals surface area (Å²) in [6.45, 7) is 5.93. The van der Waals surface area contributed by atoms with E-state index in [9.17, 15) is 5.11 Å². The van der Waals surface area contributed by atoms with E-state index in [0.29, 0.717) is 12.6 Å². The van der Waals surface area contributed by atoms with Crippen LogP contribution in [0.2, 0.25) is 0 Å². The average molecular weight is 275 g/mol. The van der Waals surface area contributed by atoms with Gasteiger partial charge in [0.05, 0.1) is 6.04 Å². The number of hydrogen-bond donors (Lipinski definition) is 1. The highest BCUT2D eigenvalue weighted by Gasteiger charge is 2.37. The Morgan fingerprint density at radius 2 is 2.20 bits per heavy atom. The van der Waals surface area contributed by atoms with Gasteiger partial charge in [-0.25, -0.2) is 0 Å². The van der Waals surface area contributed by atoms with Gasteiger partial charge in [-0.1, -0.05) is 31.5 Å². The van der Waals surface area contributed by atoms with Crippen LogP contribution in [-0.4, -0.2) is 35.3 Å². The Balaban J connectivity index is 1.99. The molecule has 0 aliphatic carbocycles. The van der Waals surface area contributed by atoms with Crippen molar-refractivity contribution in [2.24, 2.45) is 0 Å². The summed E-state index contributed by atoms with van der Waals surface area (Å²) in [5.74, 6) is 1.02. The lowest BCUT2D eigenvalue weighted by Gasteiger charge is -2.44. The number of ether oxygens (including phenoxy) is 1. The number of benzene rings is 1. The van der Waals surface area contributed by atoms with Crippen molar-refractivity contribution >= 4 is 0 Å². The van der Waals surface area contributed by atoms with Crippen molar-refractivity contribution < 1.29 is 9.84 Å². The van der Waals surface area contributed by atoms with Gasteiger partial charge >= 0.3 is 0 Å². The van der Waals surface area contributed by atoms with Crippen molar-refractivity contribution in [2.75, 3.05) is 13.2 Å². The molecule has 0 spiro atoms. The zero-order valence-electron chi connectivity index (χ0n) is 12.5. The smallest absolute Gasteiger partial charge is 0.127 e. The van der Waals surface area contributed by atoms with Crippen LogP contribution >= 0.6 is 0 Å².